The smallest absolute Gasteiger partial charge is 0.262 e. The van der Waals surface area contributed by atoms with E-state index in [4.69, 9.17) is 4.74 Å². The summed E-state index contributed by atoms with van der Waals surface area (Å²) in [5, 5.41) is 2.59. The minimum absolute atomic E-state index is 0.0583. The van der Waals surface area contributed by atoms with Crippen LogP contribution in [-0.4, -0.2) is 25.9 Å². The van der Waals surface area contributed by atoms with Crippen LogP contribution in [0.15, 0.2) is 47.6 Å². The van der Waals surface area contributed by atoms with Gasteiger partial charge in [0.25, 0.3) is 5.91 Å². The van der Waals surface area contributed by atoms with Gasteiger partial charge >= 0.3 is 0 Å². The Morgan fingerprint density at radius 1 is 1.26 bits per heavy atom. The number of rotatable bonds is 4. The molecular weight excluding hydrogens is 318 g/mol. The lowest BCUT2D eigenvalue weighted by Crippen LogP contribution is -2.28. The first-order chi connectivity index (χ1) is 11.0. The second-order valence-corrected chi connectivity index (χ2v) is 6.83. The third kappa shape index (κ3) is 3.33. The predicted octanol–water partition coefficient (Wildman–Crippen LogP) is 1.45. The van der Waals surface area contributed by atoms with Crippen LogP contribution in [0.2, 0.25) is 0 Å². The molecule has 120 valence electrons. The van der Waals surface area contributed by atoms with Gasteiger partial charge < -0.3 is 10.1 Å². The average molecular weight is 333 g/mol. The summed E-state index contributed by atoms with van der Waals surface area (Å²) in [5.74, 6) is 0.135. The Hall–Kier alpha value is -2.45. The monoisotopic (exact) mass is 333 g/mol. The summed E-state index contributed by atoms with van der Waals surface area (Å²) < 4.78 is 32.8. The molecule has 1 aliphatic heterocycles. The van der Waals surface area contributed by atoms with Crippen molar-refractivity contribution in [2.24, 2.45) is 0 Å². The summed E-state index contributed by atoms with van der Waals surface area (Å²) in [7, 11) is -3.74. The van der Waals surface area contributed by atoms with Crippen LogP contribution < -0.4 is 14.8 Å². The number of pyridine rings is 1. The summed E-state index contributed by atoms with van der Waals surface area (Å²) in [5.41, 5.74) is 1.15. The molecule has 1 amide bonds. The number of aromatic nitrogens is 1. The fourth-order valence-corrected chi connectivity index (χ4v) is 3.51. The van der Waals surface area contributed by atoms with E-state index in [0.29, 0.717) is 11.4 Å². The van der Waals surface area contributed by atoms with E-state index in [1.165, 1.54) is 18.2 Å². The lowest BCUT2D eigenvalue weighted by atomic mass is 10.1. The summed E-state index contributed by atoms with van der Waals surface area (Å²) in [4.78, 5) is 15.3. The minimum atomic E-state index is -3.74. The van der Waals surface area contributed by atoms with E-state index in [-0.39, 0.29) is 17.4 Å². The molecule has 8 heteroatoms. The summed E-state index contributed by atoms with van der Waals surface area (Å²) in [6.07, 6.45) is 3.21. The second kappa shape index (κ2) is 5.98. The Bertz CT molecular complexity index is 837. The number of hydrogen-bond acceptors (Lipinski definition) is 5. The fraction of sp³-hybridized carbons (Fsp3) is 0.200. The largest absolute Gasteiger partial charge is 0.482 e. The Morgan fingerprint density at radius 3 is 2.74 bits per heavy atom. The molecule has 2 aromatic rings. The maximum atomic E-state index is 12.5. The van der Waals surface area contributed by atoms with Gasteiger partial charge in [0.1, 0.15) is 5.75 Å². The molecule has 0 aliphatic carbocycles. The predicted molar refractivity (Wildman–Crippen MR) is 83.5 cm³/mol. The molecule has 0 bridgehead atoms. The Labute approximate surface area is 133 Å². The zero-order chi connectivity index (χ0) is 16.4. The number of carbonyl (C=O) groups is 1. The van der Waals surface area contributed by atoms with Crippen molar-refractivity contribution in [3.63, 3.8) is 0 Å². The van der Waals surface area contributed by atoms with Crippen molar-refractivity contribution in [1.82, 2.24) is 9.71 Å². The molecule has 1 aliphatic rings. The van der Waals surface area contributed by atoms with Crippen LogP contribution in [0, 0.1) is 0 Å². The van der Waals surface area contributed by atoms with Crippen molar-refractivity contribution in [3.8, 4) is 5.75 Å². The summed E-state index contributed by atoms with van der Waals surface area (Å²) in [6.45, 7) is 1.67. The highest BCUT2D eigenvalue weighted by Gasteiger charge is 2.22. The number of sulfonamides is 1. The quantitative estimate of drug-likeness (QED) is 0.882. The van der Waals surface area contributed by atoms with Crippen molar-refractivity contribution in [1.29, 1.82) is 0 Å². The highest BCUT2D eigenvalue weighted by atomic mass is 32.2. The maximum Gasteiger partial charge on any atom is 0.262 e. The number of hydrogen-bond donors (Lipinski definition) is 2. The molecule has 23 heavy (non-hydrogen) atoms. The molecule has 1 aromatic carbocycles. The molecule has 1 aromatic heterocycles. The summed E-state index contributed by atoms with van der Waals surface area (Å²) in [6, 6.07) is 7.43. The zero-order valence-electron chi connectivity index (χ0n) is 12.3. The molecule has 2 N–H and O–H groups in total. The normalized spacial score (nSPS) is 15.3. The number of nitrogens with one attached hydrogen (secondary N) is 2. The standard InChI is InChI=1S/C15H15N3O4S/c1-10(11-4-6-16-7-5-11)18-23(20,21)12-2-3-14-13(8-12)17-15(19)9-22-14/h2-8,10,18H,9H2,1H3,(H,17,19). The number of benzene rings is 1. The van der Waals surface area contributed by atoms with Crippen molar-refractivity contribution in [3.05, 3.63) is 48.3 Å². The van der Waals surface area contributed by atoms with Gasteiger partial charge in [-0.05, 0) is 42.8 Å². The van der Waals surface area contributed by atoms with Gasteiger partial charge in [-0.3, -0.25) is 9.78 Å². The minimum Gasteiger partial charge on any atom is -0.482 e. The highest BCUT2D eigenvalue weighted by molar-refractivity contribution is 7.89. The van der Waals surface area contributed by atoms with E-state index in [9.17, 15) is 13.2 Å². The third-order valence-corrected chi connectivity index (χ3v) is 4.97. The van der Waals surface area contributed by atoms with E-state index in [2.05, 4.69) is 15.0 Å². The number of nitrogens with zero attached hydrogens (tertiary/aromatic N) is 1. The maximum absolute atomic E-state index is 12.5. The van der Waals surface area contributed by atoms with Crippen LogP contribution in [0.5, 0.6) is 5.75 Å². The molecule has 1 unspecified atom stereocenters. The first-order valence-corrected chi connectivity index (χ1v) is 8.43. The Morgan fingerprint density at radius 2 is 2.00 bits per heavy atom. The van der Waals surface area contributed by atoms with Crippen LogP contribution in [-0.2, 0) is 14.8 Å². The molecule has 1 atom stereocenters. The Balaban J connectivity index is 1.85. The van der Waals surface area contributed by atoms with Crippen LogP contribution in [0.4, 0.5) is 5.69 Å². The van der Waals surface area contributed by atoms with Gasteiger partial charge in [-0.2, -0.15) is 0 Å². The molecule has 2 heterocycles. The van der Waals surface area contributed by atoms with Gasteiger partial charge in [-0.1, -0.05) is 0 Å². The zero-order valence-corrected chi connectivity index (χ0v) is 13.1. The van der Waals surface area contributed by atoms with Crippen LogP contribution >= 0.6 is 0 Å². The van der Waals surface area contributed by atoms with Gasteiger partial charge in [0.2, 0.25) is 10.0 Å². The number of ether oxygens (including phenoxy) is 1. The molecule has 0 saturated carbocycles. The molecule has 0 saturated heterocycles. The van der Waals surface area contributed by atoms with Crippen molar-refractivity contribution in [2.45, 2.75) is 17.9 Å². The van der Waals surface area contributed by atoms with Crippen molar-refractivity contribution >= 4 is 21.6 Å². The lowest BCUT2D eigenvalue weighted by Gasteiger charge is -2.19. The van der Waals surface area contributed by atoms with Gasteiger partial charge in [0.05, 0.1) is 10.6 Å². The number of anilines is 1. The Kier molecular flexibility index (Phi) is 4.01. The van der Waals surface area contributed by atoms with Gasteiger partial charge in [-0.25, -0.2) is 13.1 Å². The fourth-order valence-electron chi connectivity index (χ4n) is 2.25. The highest BCUT2D eigenvalue weighted by Crippen LogP contribution is 2.30. The number of carbonyl (C=O) groups excluding carboxylic acids is 1. The number of amides is 1. The van der Waals surface area contributed by atoms with E-state index < -0.39 is 16.1 Å². The number of fused-ring (bicyclic) bond motifs is 1. The third-order valence-electron chi connectivity index (χ3n) is 3.43. The van der Waals surface area contributed by atoms with Crippen molar-refractivity contribution < 1.29 is 17.9 Å². The van der Waals surface area contributed by atoms with Gasteiger partial charge in [-0.15, -0.1) is 0 Å². The second-order valence-electron chi connectivity index (χ2n) is 5.12. The topological polar surface area (TPSA) is 97.4 Å². The van der Waals surface area contributed by atoms with Crippen LogP contribution in [0.3, 0.4) is 0 Å². The van der Waals surface area contributed by atoms with Crippen LogP contribution in [0.1, 0.15) is 18.5 Å². The van der Waals surface area contributed by atoms with E-state index in [0.717, 1.165) is 5.56 Å². The molecule has 3 rings (SSSR count). The lowest BCUT2D eigenvalue weighted by molar-refractivity contribution is -0.118. The van der Waals surface area contributed by atoms with E-state index >= 15 is 0 Å². The van der Waals surface area contributed by atoms with Gasteiger partial charge in [0, 0.05) is 18.4 Å². The molecule has 0 fully saturated rings. The molecular formula is C15H15N3O4S. The molecule has 7 nitrogen and oxygen atoms in total. The van der Waals surface area contributed by atoms with E-state index in [1.807, 2.05) is 0 Å². The SMILES string of the molecule is CC(NS(=O)(=O)c1ccc2c(c1)NC(=O)CO2)c1ccncc1. The molecule has 0 radical (unpaired) electrons. The average Bonchev–Trinajstić information content (AvgIpc) is 2.54. The van der Waals surface area contributed by atoms with Crippen molar-refractivity contribution in [2.75, 3.05) is 11.9 Å². The van der Waals surface area contributed by atoms with Gasteiger partial charge in [0.15, 0.2) is 6.61 Å². The molecule has 0 spiro atoms. The van der Waals surface area contributed by atoms with Crippen LogP contribution in [0.25, 0.3) is 0 Å². The first kappa shape index (κ1) is 15.4. The van der Waals surface area contributed by atoms with E-state index in [1.54, 1.807) is 31.5 Å². The first-order valence-electron chi connectivity index (χ1n) is 6.95. The summed E-state index contributed by atoms with van der Waals surface area (Å²) >= 11 is 0.